The summed E-state index contributed by atoms with van der Waals surface area (Å²) in [7, 11) is 0. The average molecular weight is 978 g/mol. The third kappa shape index (κ3) is 7.35. The Morgan fingerprint density at radius 2 is 0.763 bits per heavy atom. The molecular formula is C75H63N. The zero-order chi connectivity index (χ0) is 52.0. The van der Waals surface area contributed by atoms with Gasteiger partial charge in [-0.2, -0.15) is 0 Å². The third-order valence-corrected chi connectivity index (χ3v) is 16.9. The van der Waals surface area contributed by atoms with Crippen LogP contribution in [0.1, 0.15) is 98.5 Å². The average Bonchev–Trinajstić information content (AvgIpc) is 3.97. The summed E-state index contributed by atoms with van der Waals surface area (Å²) in [5.41, 5.74) is 24.1. The van der Waals surface area contributed by atoms with Crippen molar-refractivity contribution in [3.63, 3.8) is 0 Å². The Balaban J connectivity index is 1.06. The van der Waals surface area contributed by atoms with E-state index in [0.29, 0.717) is 0 Å². The highest BCUT2D eigenvalue weighted by atomic mass is 15.1. The fourth-order valence-corrected chi connectivity index (χ4v) is 13.1. The second-order valence-corrected chi connectivity index (χ2v) is 23.4. The van der Waals surface area contributed by atoms with Crippen molar-refractivity contribution in [3.8, 4) is 44.5 Å². The molecule has 0 radical (unpaired) electrons. The Morgan fingerprint density at radius 1 is 0.316 bits per heavy atom. The molecule has 1 heteroatoms. The molecule has 1 unspecified atom stereocenters. The number of nitrogens with zero attached hydrogens (tertiary/aromatic N) is 1. The van der Waals surface area contributed by atoms with Crippen LogP contribution in [0, 0.1) is 0 Å². The van der Waals surface area contributed by atoms with Gasteiger partial charge < -0.3 is 4.90 Å². The molecule has 11 aromatic carbocycles. The number of hydrogen-bond acceptors (Lipinski definition) is 1. The van der Waals surface area contributed by atoms with Gasteiger partial charge in [0.1, 0.15) is 0 Å². The van der Waals surface area contributed by atoms with Crippen molar-refractivity contribution in [1.29, 1.82) is 0 Å². The van der Waals surface area contributed by atoms with Crippen LogP contribution in [-0.2, 0) is 21.7 Å². The van der Waals surface area contributed by atoms with Gasteiger partial charge in [0.15, 0.2) is 0 Å². The number of rotatable bonds is 8. The summed E-state index contributed by atoms with van der Waals surface area (Å²) in [6, 6.07) is 96.1. The molecule has 0 bridgehead atoms. The molecule has 0 aromatic heterocycles. The molecule has 0 fully saturated rings. The predicted molar refractivity (Wildman–Crippen MR) is 322 cm³/mol. The SMILES string of the molecule is CC(C)(C)c1cc(-c2cccc3cccc(-c4ccccc4N(c4ccc(C5(c6ccccc6)c6ccccc6-c6ccccc65)cc4)c4ccc5c(c4)C(C)(c4ccccc4)c4ccccc4-5)c23)cc(C(C)(C)C)c1. The molecule has 0 heterocycles. The summed E-state index contributed by atoms with van der Waals surface area (Å²) in [6.45, 7) is 16.4. The largest absolute Gasteiger partial charge is 0.310 e. The molecule has 2 aliphatic rings. The molecular weight excluding hydrogens is 915 g/mol. The van der Waals surface area contributed by atoms with E-state index in [4.69, 9.17) is 0 Å². The summed E-state index contributed by atoms with van der Waals surface area (Å²) < 4.78 is 0. The van der Waals surface area contributed by atoms with Gasteiger partial charge in [-0.1, -0.05) is 266 Å². The zero-order valence-corrected chi connectivity index (χ0v) is 44.7. The molecule has 368 valence electrons. The second-order valence-electron chi connectivity index (χ2n) is 23.4. The molecule has 0 saturated carbocycles. The fourth-order valence-electron chi connectivity index (χ4n) is 13.1. The lowest BCUT2D eigenvalue weighted by molar-refractivity contribution is 0.569. The molecule has 0 saturated heterocycles. The van der Waals surface area contributed by atoms with Crippen molar-refractivity contribution in [3.05, 3.63) is 305 Å². The lowest BCUT2D eigenvalue weighted by Gasteiger charge is -2.35. The van der Waals surface area contributed by atoms with Gasteiger partial charge in [0.2, 0.25) is 0 Å². The second kappa shape index (κ2) is 17.8. The van der Waals surface area contributed by atoms with E-state index < -0.39 is 5.41 Å². The predicted octanol–water partition coefficient (Wildman–Crippen LogP) is 19.9. The van der Waals surface area contributed by atoms with Crippen molar-refractivity contribution in [2.24, 2.45) is 0 Å². The summed E-state index contributed by atoms with van der Waals surface area (Å²) in [5, 5.41) is 2.47. The van der Waals surface area contributed by atoms with Gasteiger partial charge in [0, 0.05) is 22.4 Å². The first-order valence-electron chi connectivity index (χ1n) is 27.1. The molecule has 0 aliphatic heterocycles. The summed E-state index contributed by atoms with van der Waals surface area (Å²) in [4.78, 5) is 2.53. The number of para-hydroxylation sites is 1. The highest BCUT2D eigenvalue weighted by Gasteiger charge is 2.46. The molecule has 13 rings (SSSR count). The molecule has 0 spiro atoms. The maximum Gasteiger partial charge on any atom is 0.0713 e. The third-order valence-electron chi connectivity index (χ3n) is 16.9. The van der Waals surface area contributed by atoms with Crippen molar-refractivity contribution in [1.82, 2.24) is 0 Å². The highest BCUT2D eigenvalue weighted by molar-refractivity contribution is 6.09. The first-order chi connectivity index (χ1) is 36.8. The summed E-state index contributed by atoms with van der Waals surface area (Å²) in [6.07, 6.45) is 0. The minimum Gasteiger partial charge on any atom is -0.310 e. The molecule has 11 aromatic rings. The van der Waals surface area contributed by atoms with Crippen LogP contribution >= 0.6 is 0 Å². The van der Waals surface area contributed by atoms with Gasteiger partial charge in [-0.3, -0.25) is 0 Å². The number of benzene rings is 11. The van der Waals surface area contributed by atoms with Gasteiger partial charge in [-0.15, -0.1) is 0 Å². The first-order valence-corrected chi connectivity index (χ1v) is 27.1. The van der Waals surface area contributed by atoms with E-state index in [0.717, 1.165) is 17.1 Å². The first kappa shape index (κ1) is 47.2. The van der Waals surface area contributed by atoms with Gasteiger partial charge in [0.25, 0.3) is 0 Å². The molecule has 0 N–H and O–H groups in total. The standard InChI is InChI=1S/C75H63N/c1-72(2,3)55-46-51(47-56(48-55)73(4,5)6)59-34-22-24-50-25-23-35-65(71(50)59)64-33-17-21-39-70(64)76(58-44-45-63-60-30-14-18-36-66(60)74(7,69(63)49-58)52-26-10-8-11-27-52)57-42-40-54(41-43-57)75(53-28-12-9-13-29-53)67-37-19-15-31-61(67)62-32-16-20-38-68(62)75/h8-49H,1-7H3. The van der Waals surface area contributed by atoms with Gasteiger partial charge >= 0.3 is 0 Å². The van der Waals surface area contributed by atoms with Crippen molar-refractivity contribution in [2.75, 3.05) is 4.90 Å². The minimum absolute atomic E-state index is 0.0227. The van der Waals surface area contributed by atoms with Crippen LogP contribution in [0.5, 0.6) is 0 Å². The number of fused-ring (bicyclic) bond motifs is 7. The van der Waals surface area contributed by atoms with Crippen molar-refractivity contribution < 1.29 is 0 Å². The Morgan fingerprint density at radius 3 is 1.36 bits per heavy atom. The van der Waals surface area contributed by atoms with Crippen LogP contribution in [0.3, 0.4) is 0 Å². The van der Waals surface area contributed by atoms with E-state index in [1.807, 2.05) is 0 Å². The van der Waals surface area contributed by atoms with E-state index in [2.05, 4.69) is 308 Å². The molecule has 76 heavy (non-hydrogen) atoms. The Hall–Kier alpha value is -8.52. The monoisotopic (exact) mass is 977 g/mol. The van der Waals surface area contributed by atoms with Gasteiger partial charge in [-0.25, -0.2) is 0 Å². The molecule has 1 nitrogen and oxygen atoms in total. The van der Waals surface area contributed by atoms with Crippen molar-refractivity contribution >= 4 is 27.8 Å². The van der Waals surface area contributed by atoms with Crippen LogP contribution in [0.2, 0.25) is 0 Å². The van der Waals surface area contributed by atoms with Crippen LogP contribution in [0.15, 0.2) is 255 Å². The Labute approximate surface area is 449 Å². The smallest absolute Gasteiger partial charge is 0.0713 e. The van der Waals surface area contributed by atoms with Crippen LogP contribution in [-0.4, -0.2) is 0 Å². The maximum atomic E-state index is 2.53. The lowest BCUT2D eigenvalue weighted by atomic mass is 9.68. The Bertz CT molecular complexity index is 3930. The molecule has 0 amide bonds. The van der Waals surface area contributed by atoms with E-state index >= 15 is 0 Å². The molecule has 1 atom stereocenters. The van der Waals surface area contributed by atoms with Crippen LogP contribution in [0.25, 0.3) is 55.3 Å². The van der Waals surface area contributed by atoms with Gasteiger partial charge in [-0.05, 0) is 148 Å². The minimum atomic E-state index is -0.511. The maximum absolute atomic E-state index is 2.53. The summed E-state index contributed by atoms with van der Waals surface area (Å²) in [5.74, 6) is 0. The van der Waals surface area contributed by atoms with E-state index in [1.54, 1.807) is 0 Å². The van der Waals surface area contributed by atoms with E-state index in [9.17, 15) is 0 Å². The van der Waals surface area contributed by atoms with Crippen LogP contribution in [0.4, 0.5) is 17.1 Å². The van der Waals surface area contributed by atoms with Crippen LogP contribution < -0.4 is 4.90 Å². The Kier molecular flexibility index (Phi) is 11.1. The number of anilines is 3. The summed E-state index contributed by atoms with van der Waals surface area (Å²) >= 11 is 0. The molecule has 2 aliphatic carbocycles. The normalized spacial score (nSPS) is 15.2. The van der Waals surface area contributed by atoms with E-state index in [1.165, 1.54) is 105 Å². The lowest BCUT2D eigenvalue weighted by Crippen LogP contribution is -2.28. The zero-order valence-electron chi connectivity index (χ0n) is 44.7. The highest BCUT2D eigenvalue weighted by Crippen LogP contribution is 2.58. The number of hydrogen-bond donors (Lipinski definition) is 0. The fraction of sp³-hybridized carbons (Fsp3) is 0.147. The van der Waals surface area contributed by atoms with E-state index in [-0.39, 0.29) is 16.2 Å². The topological polar surface area (TPSA) is 3.24 Å². The quantitative estimate of drug-likeness (QED) is 0.147. The van der Waals surface area contributed by atoms with Gasteiger partial charge in [0.05, 0.1) is 11.1 Å². The van der Waals surface area contributed by atoms with Crippen molar-refractivity contribution in [2.45, 2.75) is 70.1 Å².